The van der Waals surface area contributed by atoms with Crippen molar-refractivity contribution < 1.29 is 8.42 Å². The summed E-state index contributed by atoms with van der Waals surface area (Å²) in [7, 11) is 2.22. The van der Waals surface area contributed by atoms with Crippen LogP contribution in [0.2, 0.25) is 0 Å². The first-order valence-corrected chi connectivity index (χ1v) is 8.38. The van der Waals surface area contributed by atoms with E-state index in [1.807, 2.05) is 43.3 Å². The topological polar surface area (TPSA) is 66.6 Å². The highest BCUT2D eigenvalue weighted by Gasteiger charge is 2.17. The summed E-state index contributed by atoms with van der Waals surface area (Å²) in [5.41, 5.74) is 7.31. The standard InChI is InChI=1S/C14H25N3O2S.ClH/c1-16(2)11-4-12-20(18,19)17(3)14-7-5-13(6-8-14)9-10-15;/h5-8H,4,9-12,15H2,1-3H3;1H. The number of anilines is 1. The summed E-state index contributed by atoms with van der Waals surface area (Å²) in [6, 6.07) is 7.51. The highest BCUT2D eigenvalue weighted by atomic mass is 35.5. The second-order valence-corrected chi connectivity index (χ2v) is 7.27. The second kappa shape index (κ2) is 9.25. The average molecular weight is 336 g/mol. The van der Waals surface area contributed by atoms with E-state index in [0.29, 0.717) is 18.7 Å². The first-order valence-electron chi connectivity index (χ1n) is 6.77. The maximum atomic E-state index is 12.2. The first kappa shape index (κ1) is 20.2. The Hall–Kier alpha value is -0.820. The molecule has 0 aliphatic heterocycles. The zero-order valence-electron chi connectivity index (χ0n) is 12.9. The van der Waals surface area contributed by atoms with Crippen LogP contribution in [0.3, 0.4) is 0 Å². The largest absolute Gasteiger partial charge is 0.330 e. The number of benzene rings is 1. The van der Waals surface area contributed by atoms with Gasteiger partial charge in [0, 0.05) is 7.05 Å². The lowest BCUT2D eigenvalue weighted by atomic mass is 10.1. The molecule has 0 radical (unpaired) electrons. The van der Waals surface area contributed by atoms with Crippen LogP contribution in [0, 0.1) is 0 Å². The maximum Gasteiger partial charge on any atom is 0.234 e. The third-order valence-corrected chi connectivity index (χ3v) is 5.01. The third-order valence-electron chi connectivity index (χ3n) is 3.16. The van der Waals surface area contributed by atoms with E-state index in [9.17, 15) is 8.42 Å². The summed E-state index contributed by atoms with van der Waals surface area (Å²) >= 11 is 0. The molecule has 0 saturated heterocycles. The van der Waals surface area contributed by atoms with Crippen LogP contribution >= 0.6 is 12.4 Å². The van der Waals surface area contributed by atoms with Crippen LogP contribution in [0.4, 0.5) is 5.69 Å². The predicted molar refractivity (Wildman–Crippen MR) is 91.8 cm³/mol. The number of hydrogen-bond donors (Lipinski definition) is 1. The molecule has 0 bridgehead atoms. The lowest BCUT2D eigenvalue weighted by Gasteiger charge is -2.20. The Bertz CT molecular complexity index is 503. The average Bonchev–Trinajstić information content (AvgIpc) is 2.38. The number of sulfonamides is 1. The molecule has 5 nitrogen and oxygen atoms in total. The monoisotopic (exact) mass is 335 g/mol. The zero-order valence-corrected chi connectivity index (χ0v) is 14.6. The van der Waals surface area contributed by atoms with E-state index < -0.39 is 10.0 Å². The molecule has 7 heteroatoms. The minimum atomic E-state index is -3.25. The fourth-order valence-electron chi connectivity index (χ4n) is 1.90. The van der Waals surface area contributed by atoms with Crippen molar-refractivity contribution in [2.45, 2.75) is 12.8 Å². The zero-order chi connectivity index (χ0) is 15.2. The molecule has 1 aromatic carbocycles. The summed E-state index contributed by atoms with van der Waals surface area (Å²) in [6.45, 7) is 1.36. The molecule has 0 aliphatic carbocycles. The fourth-order valence-corrected chi connectivity index (χ4v) is 3.11. The van der Waals surface area contributed by atoms with E-state index in [0.717, 1.165) is 18.5 Å². The van der Waals surface area contributed by atoms with E-state index in [1.54, 1.807) is 7.05 Å². The van der Waals surface area contributed by atoms with Crippen LogP contribution in [0.5, 0.6) is 0 Å². The predicted octanol–water partition coefficient (Wildman–Crippen LogP) is 1.33. The molecule has 0 fully saturated rings. The highest BCUT2D eigenvalue weighted by molar-refractivity contribution is 7.92. The lowest BCUT2D eigenvalue weighted by molar-refractivity contribution is 0.408. The quantitative estimate of drug-likeness (QED) is 0.778. The summed E-state index contributed by atoms with van der Waals surface area (Å²) in [6.07, 6.45) is 1.44. The van der Waals surface area contributed by atoms with Gasteiger partial charge in [0.1, 0.15) is 0 Å². The SMILES string of the molecule is CN(C)CCCS(=O)(=O)N(C)c1ccc(CCN)cc1.Cl. The number of hydrogen-bond acceptors (Lipinski definition) is 4. The van der Waals surface area contributed by atoms with E-state index in [1.165, 1.54) is 4.31 Å². The second-order valence-electron chi connectivity index (χ2n) is 5.15. The molecule has 1 rings (SSSR count). The first-order chi connectivity index (χ1) is 9.36. The summed E-state index contributed by atoms with van der Waals surface area (Å²) in [4.78, 5) is 1.98. The van der Waals surface area contributed by atoms with Gasteiger partial charge >= 0.3 is 0 Å². The minimum Gasteiger partial charge on any atom is -0.330 e. The van der Waals surface area contributed by atoms with Gasteiger partial charge in [-0.15, -0.1) is 12.4 Å². The molecule has 0 heterocycles. The molecule has 2 N–H and O–H groups in total. The van der Waals surface area contributed by atoms with Crippen molar-refractivity contribution in [2.75, 3.05) is 44.3 Å². The Kier molecular flexibility index (Phi) is 8.89. The molecule has 0 spiro atoms. The Morgan fingerprint density at radius 3 is 2.14 bits per heavy atom. The van der Waals surface area contributed by atoms with Crippen molar-refractivity contribution in [3.05, 3.63) is 29.8 Å². The highest BCUT2D eigenvalue weighted by Crippen LogP contribution is 2.18. The molecule has 21 heavy (non-hydrogen) atoms. The third kappa shape index (κ3) is 6.65. The maximum absolute atomic E-state index is 12.2. The van der Waals surface area contributed by atoms with Gasteiger partial charge < -0.3 is 10.6 Å². The smallest absolute Gasteiger partial charge is 0.234 e. The van der Waals surface area contributed by atoms with E-state index >= 15 is 0 Å². The van der Waals surface area contributed by atoms with Gasteiger partial charge in [-0.2, -0.15) is 0 Å². The summed E-state index contributed by atoms with van der Waals surface area (Å²) in [5.74, 6) is 0.159. The lowest BCUT2D eigenvalue weighted by Crippen LogP contribution is -2.30. The summed E-state index contributed by atoms with van der Waals surface area (Å²) < 4.78 is 25.8. The normalized spacial score (nSPS) is 11.3. The molecule has 0 aliphatic rings. The Morgan fingerprint density at radius 2 is 1.67 bits per heavy atom. The van der Waals surface area contributed by atoms with Crippen LogP contribution < -0.4 is 10.0 Å². The molecule has 0 amide bonds. The van der Waals surface area contributed by atoms with Gasteiger partial charge in [0.2, 0.25) is 10.0 Å². The van der Waals surface area contributed by atoms with E-state index in [4.69, 9.17) is 5.73 Å². The van der Waals surface area contributed by atoms with Gasteiger partial charge in [-0.3, -0.25) is 4.31 Å². The van der Waals surface area contributed by atoms with Gasteiger partial charge in [-0.05, 0) is 57.7 Å². The van der Waals surface area contributed by atoms with E-state index in [2.05, 4.69) is 0 Å². The molecule has 0 unspecified atom stereocenters. The molecule has 0 aromatic heterocycles. The molecule has 1 aromatic rings. The van der Waals surface area contributed by atoms with Crippen LogP contribution in [-0.2, 0) is 16.4 Å². The van der Waals surface area contributed by atoms with Crippen molar-refractivity contribution in [1.29, 1.82) is 0 Å². The van der Waals surface area contributed by atoms with Crippen molar-refractivity contribution in [3.8, 4) is 0 Å². The minimum absolute atomic E-state index is 0. The Balaban J connectivity index is 0.00000400. The molecule has 0 atom stereocenters. The van der Waals surface area contributed by atoms with Crippen LogP contribution in [0.25, 0.3) is 0 Å². The molecular weight excluding hydrogens is 310 g/mol. The van der Waals surface area contributed by atoms with Crippen LogP contribution in [0.1, 0.15) is 12.0 Å². The van der Waals surface area contributed by atoms with E-state index in [-0.39, 0.29) is 18.2 Å². The number of nitrogens with two attached hydrogens (primary N) is 1. The molecule has 122 valence electrons. The van der Waals surface area contributed by atoms with Crippen molar-refractivity contribution >= 4 is 28.1 Å². The summed E-state index contributed by atoms with van der Waals surface area (Å²) in [5, 5.41) is 0. The van der Waals surface area contributed by atoms with Gasteiger partial charge in [0.15, 0.2) is 0 Å². The van der Waals surface area contributed by atoms with Gasteiger partial charge in [0.25, 0.3) is 0 Å². The van der Waals surface area contributed by atoms with Gasteiger partial charge in [0.05, 0.1) is 11.4 Å². The molecular formula is C14H26ClN3O2S. The van der Waals surface area contributed by atoms with Crippen LogP contribution in [-0.4, -0.2) is 53.3 Å². The van der Waals surface area contributed by atoms with Crippen LogP contribution in [0.15, 0.2) is 24.3 Å². The van der Waals surface area contributed by atoms with Crippen molar-refractivity contribution in [3.63, 3.8) is 0 Å². The van der Waals surface area contributed by atoms with Gasteiger partial charge in [-0.1, -0.05) is 12.1 Å². The number of rotatable bonds is 8. The Labute approximate surface area is 134 Å². The van der Waals surface area contributed by atoms with Gasteiger partial charge in [-0.25, -0.2) is 8.42 Å². The number of halogens is 1. The van der Waals surface area contributed by atoms with Crippen molar-refractivity contribution in [1.82, 2.24) is 4.90 Å². The number of nitrogens with zero attached hydrogens (tertiary/aromatic N) is 2. The fraction of sp³-hybridized carbons (Fsp3) is 0.571. The molecule has 0 saturated carbocycles. The van der Waals surface area contributed by atoms with Crippen molar-refractivity contribution in [2.24, 2.45) is 5.73 Å². The Morgan fingerprint density at radius 1 is 1.10 bits per heavy atom.